The van der Waals surface area contributed by atoms with E-state index in [0.29, 0.717) is 72.1 Å². The molecule has 0 saturated carbocycles. The number of ether oxygens (including phenoxy) is 4. The number of rotatable bonds is 26. The highest BCUT2D eigenvalue weighted by Gasteiger charge is 2.49. The first kappa shape index (κ1) is 60.1. The number of hydrogen-bond acceptors (Lipinski definition) is 17. The molecule has 20 nitrogen and oxygen atoms in total. The van der Waals surface area contributed by atoms with Crippen LogP contribution in [0.2, 0.25) is 0 Å². The summed E-state index contributed by atoms with van der Waals surface area (Å²) < 4.78 is 101. The number of nitrogens with zero attached hydrogens (tertiary/aromatic N) is 3. The molecule has 1 fully saturated rings. The molecule has 1 saturated heterocycles. The molecule has 4 aliphatic rings. The van der Waals surface area contributed by atoms with Crippen molar-refractivity contribution in [1.29, 1.82) is 0 Å². The molecule has 0 radical (unpaired) electrons. The fraction of sp³-hybridized carbons (Fsp3) is 0.455. The zero-order valence-corrected chi connectivity index (χ0v) is 47.3. The summed E-state index contributed by atoms with van der Waals surface area (Å²) in [5, 5.41) is 13.4. The van der Waals surface area contributed by atoms with Gasteiger partial charge in [-0.1, -0.05) is 24.5 Å². The number of allylic oxidation sites excluding steroid dienone is 7. The van der Waals surface area contributed by atoms with Crippen molar-refractivity contribution in [3.8, 4) is 5.75 Å². The third-order valence-corrected chi connectivity index (χ3v) is 16.9. The number of unbranched alkanes of at least 4 members (excludes halogenated alkanes) is 1. The van der Waals surface area contributed by atoms with Crippen LogP contribution >= 0.6 is 12.0 Å². The van der Waals surface area contributed by atoms with Crippen LogP contribution < -0.4 is 9.64 Å². The lowest BCUT2D eigenvalue weighted by molar-refractivity contribution is -0.438. The first-order valence-corrected chi connectivity index (χ1v) is 29.3. The van der Waals surface area contributed by atoms with Gasteiger partial charge in [0.05, 0.1) is 46.9 Å². The summed E-state index contributed by atoms with van der Waals surface area (Å²) in [5.41, 5.74) is 6.87. The molecule has 0 bridgehead atoms. The predicted molar refractivity (Wildman–Crippen MR) is 288 cm³/mol. The summed E-state index contributed by atoms with van der Waals surface area (Å²) in [7, 11) is -5.92. The van der Waals surface area contributed by atoms with Crippen LogP contribution in [0.1, 0.15) is 107 Å². The van der Waals surface area contributed by atoms with Crippen LogP contribution in [-0.4, -0.2) is 118 Å². The van der Waals surface area contributed by atoms with E-state index in [1.807, 2.05) is 43.0 Å². The molecule has 3 aliphatic heterocycles. The minimum atomic E-state index is -4.64. The number of anilines is 1. The van der Waals surface area contributed by atoms with E-state index >= 15 is 0 Å². The third-order valence-electron chi connectivity index (χ3n) is 14.6. The monoisotopic (exact) mass is 1140 g/mol. The summed E-state index contributed by atoms with van der Waals surface area (Å²) in [5.74, 6) is -1.18. The maximum Gasteiger partial charge on any atom is 0.335 e. The maximum absolute atomic E-state index is 12.7. The van der Waals surface area contributed by atoms with Crippen molar-refractivity contribution in [3.05, 3.63) is 118 Å². The van der Waals surface area contributed by atoms with Crippen molar-refractivity contribution in [2.75, 3.05) is 58.6 Å². The van der Waals surface area contributed by atoms with Crippen LogP contribution in [0.15, 0.2) is 110 Å². The second-order valence-electron chi connectivity index (χ2n) is 19.9. The van der Waals surface area contributed by atoms with Crippen molar-refractivity contribution in [1.82, 2.24) is 5.06 Å². The highest BCUT2D eigenvalue weighted by Crippen LogP contribution is 2.53. The number of fused-ring (bicyclic) bond motifs is 2. The molecule has 0 aromatic heterocycles. The van der Waals surface area contributed by atoms with Gasteiger partial charge < -0.3 is 28.7 Å². The van der Waals surface area contributed by atoms with E-state index in [9.17, 15) is 40.3 Å². The molecule has 2 amide bonds. The van der Waals surface area contributed by atoms with E-state index < -0.39 is 48.8 Å². The van der Waals surface area contributed by atoms with E-state index in [-0.39, 0.29) is 55.4 Å². The van der Waals surface area contributed by atoms with Gasteiger partial charge >= 0.3 is 5.97 Å². The minimum absolute atomic E-state index is 0.0397. The molecule has 2 atom stereocenters. The standard InChI is InChI=1S/C55H67N3O17S3/c1-8-9-26-56-46(54(4,24-29-69-6)44-34-41(76-75-74-62)32-36(2)51(44)56)19-13-38-11-10-12-39(53(38)72-40-15-17-42(18-16-40)77(63,64)65)14-20-47-55(5,25-30-70-7)45-35-43(78(66,67)68)33-37(3)52(45)57(47)27-31-71-28-23-50(61)73-58-48(59)21-22-49(58)60/h13-20,32-35H,8-12,21-31H2,1-7H3,(H2-,62,63,64,65,66,67,68)/p+1. The van der Waals surface area contributed by atoms with E-state index in [4.69, 9.17) is 33.4 Å². The number of amides is 2. The number of aryl methyl sites for hydroxylation is 2. The Labute approximate surface area is 459 Å². The summed E-state index contributed by atoms with van der Waals surface area (Å²) in [6, 6.07) is 12.4. The lowest BCUT2D eigenvalue weighted by atomic mass is 9.76. The first-order valence-electron chi connectivity index (χ1n) is 25.6. The Balaban J connectivity index is 1.34. The van der Waals surface area contributed by atoms with E-state index in [1.165, 1.54) is 36.4 Å². The smallest absolute Gasteiger partial charge is 0.335 e. The van der Waals surface area contributed by atoms with Gasteiger partial charge in [-0.2, -0.15) is 21.4 Å². The summed E-state index contributed by atoms with van der Waals surface area (Å²) in [6.07, 6.45) is 12.5. The Hall–Kier alpha value is -5.57. The molecular weight excluding hydrogens is 1070 g/mol. The minimum Gasteiger partial charge on any atom is -0.457 e. The van der Waals surface area contributed by atoms with Gasteiger partial charge in [-0.3, -0.25) is 18.7 Å². The zero-order chi connectivity index (χ0) is 56.6. The topological polar surface area (TPSA) is 254 Å². The molecule has 3 aromatic rings. The molecule has 0 spiro atoms. The van der Waals surface area contributed by atoms with E-state index in [0.717, 1.165) is 75.7 Å². The van der Waals surface area contributed by atoms with Crippen LogP contribution in [0.4, 0.5) is 11.4 Å². The normalized spacial score (nSPS) is 20.8. The van der Waals surface area contributed by atoms with Gasteiger partial charge in [-0.25, -0.2) is 10.1 Å². The Morgan fingerprint density at radius 1 is 0.808 bits per heavy atom. The van der Waals surface area contributed by atoms with Crippen LogP contribution in [0, 0.1) is 13.8 Å². The SMILES string of the molecule is CCCC[N+]1=C(/C=C/C2=C(Oc3ccc(S(=O)(=O)O)cc3)C(=C/C=C3/N(CCOCCC(=O)ON4C(=O)CCC4=O)c4c(C)cc(S(=O)(=O)O)cc4C3(C)CCOC)/CCC2)C(C)(CCOC)c2cc(SOOO)cc(C)c21. The first-order chi connectivity index (χ1) is 37.1. The van der Waals surface area contributed by atoms with Gasteiger partial charge in [-0.05, 0) is 143 Å². The molecule has 3 N–H and O–H groups in total. The van der Waals surface area contributed by atoms with E-state index in [1.54, 1.807) is 21.1 Å². The number of hydrogen-bond donors (Lipinski definition) is 3. The van der Waals surface area contributed by atoms with Gasteiger partial charge in [0.1, 0.15) is 18.1 Å². The number of carbonyl (C=O) groups excluding carboxylic acids is 3. The van der Waals surface area contributed by atoms with Crippen LogP contribution in [0.3, 0.4) is 0 Å². The molecule has 3 heterocycles. The van der Waals surface area contributed by atoms with Crippen molar-refractivity contribution in [2.45, 2.75) is 124 Å². The number of benzene rings is 3. The molecule has 3 aromatic carbocycles. The fourth-order valence-electron chi connectivity index (χ4n) is 10.6. The lowest BCUT2D eigenvalue weighted by Crippen LogP contribution is -2.33. The molecule has 422 valence electrons. The number of carbonyl (C=O) groups is 3. The summed E-state index contributed by atoms with van der Waals surface area (Å²) in [6.45, 7) is 11.7. The predicted octanol–water partition coefficient (Wildman–Crippen LogP) is 9.13. The maximum atomic E-state index is 12.7. The van der Waals surface area contributed by atoms with Gasteiger partial charge in [-0.15, -0.1) is 9.40 Å². The van der Waals surface area contributed by atoms with Crippen molar-refractivity contribution >= 4 is 67.1 Å². The number of imide groups is 1. The van der Waals surface area contributed by atoms with E-state index in [2.05, 4.69) is 35.6 Å². The number of hydroxylamine groups is 2. The van der Waals surface area contributed by atoms with Gasteiger partial charge in [0.25, 0.3) is 32.1 Å². The largest absolute Gasteiger partial charge is 0.457 e. The Morgan fingerprint density at radius 3 is 2.13 bits per heavy atom. The zero-order valence-electron chi connectivity index (χ0n) is 44.9. The van der Waals surface area contributed by atoms with Crippen molar-refractivity contribution in [3.63, 3.8) is 0 Å². The van der Waals surface area contributed by atoms with Crippen molar-refractivity contribution in [2.24, 2.45) is 0 Å². The molecule has 78 heavy (non-hydrogen) atoms. The highest BCUT2D eigenvalue weighted by molar-refractivity contribution is 7.94. The molecule has 1 aliphatic carbocycles. The average molecular weight is 1140 g/mol. The van der Waals surface area contributed by atoms with Crippen LogP contribution in [0.5, 0.6) is 5.75 Å². The quantitative estimate of drug-likeness (QED) is 0.0129. The molecule has 2 unspecified atom stereocenters. The number of methoxy groups -OCH3 is 2. The Morgan fingerprint density at radius 2 is 1.49 bits per heavy atom. The van der Waals surface area contributed by atoms with Gasteiger partial charge in [0.15, 0.2) is 5.71 Å². The molecule has 23 heteroatoms. The fourth-order valence-corrected chi connectivity index (χ4v) is 12.2. The average Bonchev–Trinajstić information content (AvgIpc) is 3.98. The van der Waals surface area contributed by atoms with Crippen LogP contribution in [-0.2, 0) is 73.9 Å². The molecular formula is C55H68N3O17S3+. The second kappa shape index (κ2) is 25.7. The summed E-state index contributed by atoms with van der Waals surface area (Å²) >= 11 is 0.897. The highest BCUT2D eigenvalue weighted by atomic mass is 32.2. The summed E-state index contributed by atoms with van der Waals surface area (Å²) in [4.78, 5) is 43.8. The van der Waals surface area contributed by atoms with Crippen molar-refractivity contribution < 1.29 is 83.3 Å². The lowest BCUT2D eigenvalue weighted by Gasteiger charge is -2.30. The Kier molecular flexibility index (Phi) is 19.8. The Bertz CT molecular complexity index is 3150. The van der Waals surface area contributed by atoms with Gasteiger partial charge in [0, 0.05) is 92.1 Å². The second-order valence-corrected chi connectivity index (χ2v) is 23.5. The third kappa shape index (κ3) is 13.4. The molecule has 7 rings (SSSR count). The van der Waals surface area contributed by atoms with Crippen LogP contribution in [0.25, 0.3) is 0 Å². The van der Waals surface area contributed by atoms with Gasteiger partial charge in [0.2, 0.25) is 5.69 Å².